The Morgan fingerprint density at radius 2 is 2.00 bits per heavy atom. The minimum Gasteiger partial charge on any atom is -0.504 e. The number of rotatable bonds is 5. The Kier molecular flexibility index (Phi) is 5.43. The van der Waals surface area contributed by atoms with E-state index in [1.54, 1.807) is 35.4 Å². The summed E-state index contributed by atoms with van der Waals surface area (Å²) in [5.41, 5.74) is 1.09. The molecule has 5 atom stereocenters. The molecule has 174 valence electrons. The highest BCUT2D eigenvalue weighted by Crippen LogP contribution is 2.50. The first-order valence-electron chi connectivity index (χ1n) is 11.6. The van der Waals surface area contributed by atoms with Crippen LogP contribution in [0.3, 0.4) is 0 Å². The quantitative estimate of drug-likeness (QED) is 0.726. The van der Waals surface area contributed by atoms with Crippen LogP contribution in [0.1, 0.15) is 51.0 Å². The molecule has 0 bridgehead atoms. The molecule has 0 spiro atoms. The lowest BCUT2D eigenvalue weighted by molar-refractivity contribution is -0.139. The molecule has 5 unspecified atom stereocenters. The number of Topliss-reactive ketones (excluding diaryl/α,β-unsaturated/α-hetero) is 1. The molecule has 1 aromatic heterocycles. The fourth-order valence-electron chi connectivity index (χ4n) is 5.68. The van der Waals surface area contributed by atoms with Gasteiger partial charge in [-0.3, -0.25) is 9.59 Å². The average molecular weight is 452 g/mol. The molecular weight excluding hydrogens is 422 g/mol. The summed E-state index contributed by atoms with van der Waals surface area (Å²) in [6.07, 6.45) is 3.01. The molecule has 1 aromatic carbocycles. The lowest BCUT2D eigenvalue weighted by Crippen LogP contribution is -2.45. The minimum absolute atomic E-state index is 0.00835. The van der Waals surface area contributed by atoms with Gasteiger partial charge in [0, 0.05) is 0 Å². The van der Waals surface area contributed by atoms with Crippen LogP contribution in [0, 0.1) is 17.8 Å². The predicted octanol–water partition coefficient (Wildman–Crippen LogP) is 4.37. The summed E-state index contributed by atoms with van der Waals surface area (Å²) in [5, 5.41) is 10.2. The maximum atomic E-state index is 13.9. The highest BCUT2D eigenvalue weighted by molar-refractivity contribution is 6.11. The first-order chi connectivity index (χ1) is 15.9. The van der Waals surface area contributed by atoms with Crippen molar-refractivity contribution in [1.82, 2.24) is 4.90 Å². The van der Waals surface area contributed by atoms with Gasteiger partial charge in [-0.25, -0.2) is 0 Å². The number of carbonyl (C=O) groups is 2. The van der Waals surface area contributed by atoms with Crippen molar-refractivity contribution in [1.29, 1.82) is 0 Å². The van der Waals surface area contributed by atoms with Crippen molar-refractivity contribution in [3.63, 3.8) is 0 Å². The van der Waals surface area contributed by atoms with Crippen LogP contribution in [0.15, 0.2) is 52.3 Å². The molecule has 7 heteroatoms. The van der Waals surface area contributed by atoms with Gasteiger partial charge in [-0.05, 0) is 61.4 Å². The summed E-state index contributed by atoms with van der Waals surface area (Å²) in [6, 6.07) is 7.90. The van der Waals surface area contributed by atoms with E-state index < -0.39 is 6.04 Å². The SMILES string of the molecule is CCOc1cc(C2C3=C(OC4C(C)CC(C)CC4C3=O)C(=O)N2Cc2ccco2)ccc1O. The van der Waals surface area contributed by atoms with Crippen LogP contribution in [0.4, 0.5) is 0 Å². The number of phenols is 1. The molecule has 0 radical (unpaired) electrons. The molecular formula is C26H29NO6. The molecule has 2 aliphatic heterocycles. The smallest absolute Gasteiger partial charge is 0.290 e. The van der Waals surface area contributed by atoms with Crippen LogP contribution in [0.2, 0.25) is 0 Å². The minimum atomic E-state index is -0.640. The second kappa shape index (κ2) is 8.28. The van der Waals surface area contributed by atoms with Gasteiger partial charge in [-0.2, -0.15) is 0 Å². The normalized spacial score (nSPS) is 29.1. The average Bonchev–Trinajstić information content (AvgIpc) is 3.39. The lowest BCUT2D eigenvalue weighted by atomic mass is 9.70. The zero-order valence-corrected chi connectivity index (χ0v) is 19.1. The first-order valence-corrected chi connectivity index (χ1v) is 11.6. The van der Waals surface area contributed by atoms with Crippen LogP contribution in [-0.2, 0) is 20.9 Å². The third-order valence-corrected chi connectivity index (χ3v) is 7.03. The molecule has 1 aliphatic carbocycles. The van der Waals surface area contributed by atoms with Crippen molar-refractivity contribution in [2.45, 2.75) is 52.3 Å². The number of nitrogens with zero attached hydrogens (tertiary/aromatic N) is 1. The summed E-state index contributed by atoms with van der Waals surface area (Å²) in [4.78, 5) is 29.1. The monoisotopic (exact) mass is 451 g/mol. The standard InChI is InChI=1S/C26H29NO6/c1-4-31-20-12-16(7-8-19(20)28)22-21-23(29)18-11-14(2)10-15(3)24(18)33-25(21)26(30)27(22)13-17-6-5-9-32-17/h5-9,12,14-15,18,22,24,28H,4,10-11,13H2,1-3H3. The van der Waals surface area contributed by atoms with Gasteiger partial charge in [-0.15, -0.1) is 0 Å². The second-order valence-electron chi connectivity index (χ2n) is 9.42. The molecule has 1 saturated carbocycles. The Labute approximate surface area is 193 Å². The molecule has 5 rings (SSSR count). The third kappa shape index (κ3) is 3.59. The number of aromatic hydroxyl groups is 1. The Morgan fingerprint density at radius 1 is 1.18 bits per heavy atom. The summed E-state index contributed by atoms with van der Waals surface area (Å²) < 4.78 is 17.4. The maximum absolute atomic E-state index is 13.9. The number of fused-ring (bicyclic) bond motifs is 1. The number of benzene rings is 1. The molecule has 2 aromatic rings. The van der Waals surface area contributed by atoms with E-state index in [0.29, 0.717) is 35.2 Å². The van der Waals surface area contributed by atoms with E-state index >= 15 is 0 Å². The fraction of sp³-hybridized carbons (Fsp3) is 0.462. The number of furan rings is 1. The number of amides is 1. The highest BCUT2D eigenvalue weighted by Gasteiger charge is 2.54. The van der Waals surface area contributed by atoms with Gasteiger partial charge >= 0.3 is 0 Å². The van der Waals surface area contributed by atoms with Crippen molar-refractivity contribution >= 4 is 11.7 Å². The highest BCUT2D eigenvalue weighted by atomic mass is 16.5. The van der Waals surface area contributed by atoms with E-state index in [-0.39, 0.29) is 47.7 Å². The van der Waals surface area contributed by atoms with E-state index in [4.69, 9.17) is 13.9 Å². The van der Waals surface area contributed by atoms with Gasteiger partial charge in [0.2, 0.25) is 0 Å². The lowest BCUT2D eigenvalue weighted by Gasteiger charge is -2.41. The molecule has 3 heterocycles. The number of ether oxygens (including phenoxy) is 2. The van der Waals surface area contributed by atoms with Crippen molar-refractivity contribution in [3.8, 4) is 11.5 Å². The molecule has 1 N–H and O–H groups in total. The van der Waals surface area contributed by atoms with Crippen molar-refractivity contribution in [2.24, 2.45) is 17.8 Å². The Morgan fingerprint density at radius 3 is 2.73 bits per heavy atom. The van der Waals surface area contributed by atoms with Gasteiger partial charge in [0.1, 0.15) is 11.9 Å². The van der Waals surface area contributed by atoms with Crippen LogP contribution < -0.4 is 4.74 Å². The summed E-state index contributed by atoms with van der Waals surface area (Å²) in [5.74, 6) is 1.14. The van der Waals surface area contributed by atoms with Gasteiger partial charge in [0.05, 0.1) is 36.9 Å². The molecule has 0 saturated heterocycles. The van der Waals surface area contributed by atoms with Gasteiger partial charge < -0.3 is 23.9 Å². The predicted molar refractivity (Wildman–Crippen MR) is 119 cm³/mol. The molecule has 33 heavy (non-hydrogen) atoms. The summed E-state index contributed by atoms with van der Waals surface area (Å²) >= 11 is 0. The van der Waals surface area contributed by atoms with E-state index in [0.717, 1.165) is 12.8 Å². The molecule has 1 amide bonds. The number of carbonyl (C=O) groups excluding carboxylic acids is 2. The van der Waals surface area contributed by atoms with Gasteiger partial charge in [0.15, 0.2) is 23.0 Å². The number of phenolic OH excluding ortho intramolecular Hbond substituents is 1. The first kappa shape index (κ1) is 21.6. The van der Waals surface area contributed by atoms with E-state index in [1.807, 2.05) is 6.92 Å². The number of hydrogen-bond acceptors (Lipinski definition) is 6. The van der Waals surface area contributed by atoms with Crippen LogP contribution in [0.25, 0.3) is 0 Å². The Balaban J connectivity index is 1.60. The summed E-state index contributed by atoms with van der Waals surface area (Å²) in [6.45, 7) is 6.67. The van der Waals surface area contributed by atoms with Crippen LogP contribution in [0.5, 0.6) is 11.5 Å². The largest absolute Gasteiger partial charge is 0.504 e. The van der Waals surface area contributed by atoms with Gasteiger partial charge in [-0.1, -0.05) is 19.9 Å². The number of hydrogen-bond donors (Lipinski definition) is 1. The second-order valence-corrected chi connectivity index (χ2v) is 9.42. The summed E-state index contributed by atoms with van der Waals surface area (Å²) in [7, 11) is 0. The fourth-order valence-corrected chi connectivity index (χ4v) is 5.68. The van der Waals surface area contributed by atoms with E-state index in [1.165, 1.54) is 6.07 Å². The van der Waals surface area contributed by atoms with Crippen molar-refractivity contribution in [2.75, 3.05) is 6.61 Å². The zero-order chi connectivity index (χ0) is 23.3. The molecule has 1 fully saturated rings. The number of ketones is 1. The Bertz CT molecular complexity index is 1100. The topological polar surface area (TPSA) is 89.2 Å². The van der Waals surface area contributed by atoms with E-state index in [9.17, 15) is 14.7 Å². The van der Waals surface area contributed by atoms with E-state index in [2.05, 4.69) is 13.8 Å². The Hall–Kier alpha value is -3.22. The molecule has 3 aliphatic rings. The van der Waals surface area contributed by atoms with Crippen molar-refractivity contribution in [3.05, 3.63) is 59.3 Å². The third-order valence-electron chi connectivity index (χ3n) is 7.03. The van der Waals surface area contributed by atoms with Crippen LogP contribution >= 0.6 is 0 Å². The van der Waals surface area contributed by atoms with Crippen LogP contribution in [-0.4, -0.2) is 34.4 Å². The van der Waals surface area contributed by atoms with Gasteiger partial charge in [0.25, 0.3) is 5.91 Å². The molecule has 7 nitrogen and oxygen atoms in total. The van der Waals surface area contributed by atoms with Crippen molar-refractivity contribution < 1.29 is 28.6 Å². The maximum Gasteiger partial charge on any atom is 0.290 e. The zero-order valence-electron chi connectivity index (χ0n) is 19.1.